The van der Waals surface area contributed by atoms with Crippen molar-refractivity contribution in [3.63, 3.8) is 0 Å². The van der Waals surface area contributed by atoms with Crippen LogP contribution in [0.4, 0.5) is 0 Å². The Balaban J connectivity index is 2.59. The van der Waals surface area contributed by atoms with Crippen LogP contribution in [0.1, 0.15) is 32.8 Å². The van der Waals surface area contributed by atoms with Gasteiger partial charge in [0.1, 0.15) is 0 Å². The van der Waals surface area contributed by atoms with Gasteiger partial charge < -0.3 is 5.11 Å². The standard InChI is InChI=1S/C13H20O/c1-11(2)9-13(3,14)10-12-7-5-4-6-8-12/h4-8,11,14H,9-10H2,1-3H3/t13-/m0/s1. The molecule has 1 aromatic carbocycles. The van der Waals surface area contributed by atoms with E-state index in [1.54, 1.807) is 0 Å². The van der Waals surface area contributed by atoms with Crippen molar-refractivity contribution < 1.29 is 5.11 Å². The summed E-state index contributed by atoms with van der Waals surface area (Å²) in [6, 6.07) is 10.2. The number of hydrogen-bond donors (Lipinski definition) is 1. The molecule has 0 spiro atoms. The summed E-state index contributed by atoms with van der Waals surface area (Å²) in [5.41, 5.74) is 0.633. The predicted octanol–water partition coefficient (Wildman–Crippen LogP) is 3.03. The molecule has 14 heavy (non-hydrogen) atoms. The van der Waals surface area contributed by atoms with E-state index in [4.69, 9.17) is 0 Å². The van der Waals surface area contributed by atoms with Gasteiger partial charge in [0, 0.05) is 6.42 Å². The lowest BCUT2D eigenvalue weighted by Gasteiger charge is -2.25. The van der Waals surface area contributed by atoms with Gasteiger partial charge in [0.15, 0.2) is 0 Å². The highest BCUT2D eigenvalue weighted by molar-refractivity contribution is 5.16. The van der Waals surface area contributed by atoms with Crippen LogP contribution in [-0.4, -0.2) is 10.7 Å². The summed E-state index contributed by atoms with van der Waals surface area (Å²) in [7, 11) is 0. The van der Waals surface area contributed by atoms with E-state index in [2.05, 4.69) is 26.0 Å². The van der Waals surface area contributed by atoms with E-state index in [0.717, 1.165) is 12.8 Å². The Bertz CT molecular complexity index is 262. The first kappa shape index (κ1) is 11.3. The Morgan fingerprint density at radius 3 is 2.29 bits per heavy atom. The summed E-state index contributed by atoms with van der Waals surface area (Å²) in [5, 5.41) is 10.1. The van der Waals surface area contributed by atoms with Gasteiger partial charge in [0.2, 0.25) is 0 Å². The van der Waals surface area contributed by atoms with Crippen LogP contribution in [-0.2, 0) is 6.42 Å². The molecule has 1 heteroatoms. The highest BCUT2D eigenvalue weighted by Crippen LogP contribution is 2.21. The van der Waals surface area contributed by atoms with Crippen LogP contribution >= 0.6 is 0 Å². The topological polar surface area (TPSA) is 20.2 Å². The highest BCUT2D eigenvalue weighted by Gasteiger charge is 2.21. The Labute approximate surface area is 86.8 Å². The Morgan fingerprint density at radius 1 is 1.21 bits per heavy atom. The first-order valence-corrected chi connectivity index (χ1v) is 5.26. The van der Waals surface area contributed by atoms with E-state index in [1.165, 1.54) is 5.56 Å². The fraction of sp³-hybridized carbons (Fsp3) is 0.538. The molecule has 0 fully saturated rings. The number of aliphatic hydroxyl groups is 1. The minimum Gasteiger partial charge on any atom is -0.390 e. The monoisotopic (exact) mass is 192 g/mol. The van der Waals surface area contributed by atoms with Crippen LogP contribution < -0.4 is 0 Å². The fourth-order valence-electron chi connectivity index (χ4n) is 1.99. The fourth-order valence-corrected chi connectivity index (χ4v) is 1.99. The third-order valence-electron chi connectivity index (χ3n) is 2.28. The van der Waals surface area contributed by atoms with E-state index in [-0.39, 0.29) is 0 Å². The molecule has 0 aliphatic heterocycles. The van der Waals surface area contributed by atoms with Crippen molar-refractivity contribution in [3.8, 4) is 0 Å². The lowest BCUT2D eigenvalue weighted by Crippen LogP contribution is -2.29. The Morgan fingerprint density at radius 2 is 1.79 bits per heavy atom. The van der Waals surface area contributed by atoms with Gasteiger partial charge in [-0.25, -0.2) is 0 Å². The molecule has 1 atom stereocenters. The summed E-state index contributed by atoms with van der Waals surface area (Å²) in [4.78, 5) is 0. The van der Waals surface area contributed by atoms with Crippen molar-refractivity contribution in [2.75, 3.05) is 0 Å². The molecule has 0 heterocycles. The van der Waals surface area contributed by atoms with Gasteiger partial charge in [-0.05, 0) is 24.8 Å². The lowest BCUT2D eigenvalue weighted by molar-refractivity contribution is 0.0388. The molecule has 1 nitrogen and oxygen atoms in total. The van der Waals surface area contributed by atoms with Gasteiger partial charge >= 0.3 is 0 Å². The summed E-state index contributed by atoms with van der Waals surface area (Å²) in [6.07, 6.45) is 1.59. The summed E-state index contributed by atoms with van der Waals surface area (Å²) in [6.45, 7) is 6.19. The minimum absolute atomic E-state index is 0.536. The van der Waals surface area contributed by atoms with Gasteiger partial charge in [0.25, 0.3) is 0 Å². The maximum Gasteiger partial charge on any atom is 0.0662 e. The quantitative estimate of drug-likeness (QED) is 0.777. The van der Waals surface area contributed by atoms with Crippen LogP contribution in [0.25, 0.3) is 0 Å². The van der Waals surface area contributed by atoms with Crippen LogP contribution in [0.3, 0.4) is 0 Å². The van der Waals surface area contributed by atoms with E-state index < -0.39 is 5.60 Å². The average Bonchev–Trinajstić information content (AvgIpc) is 2.02. The van der Waals surface area contributed by atoms with Gasteiger partial charge in [-0.1, -0.05) is 44.2 Å². The zero-order chi connectivity index (χ0) is 10.6. The second-order valence-corrected chi connectivity index (χ2v) is 4.76. The molecule has 78 valence electrons. The summed E-state index contributed by atoms with van der Waals surface area (Å²) in [5.74, 6) is 0.536. The molecule has 1 N–H and O–H groups in total. The van der Waals surface area contributed by atoms with Crippen LogP contribution in [0.5, 0.6) is 0 Å². The molecule has 0 saturated heterocycles. The number of benzene rings is 1. The van der Waals surface area contributed by atoms with E-state index in [1.807, 2.05) is 25.1 Å². The van der Waals surface area contributed by atoms with Crippen molar-refractivity contribution >= 4 is 0 Å². The van der Waals surface area contributed by atoms with Gasteiger partial charge in [-0.15, -0.1) is 0 Å². The molecule has 1 aromatic rings. The van der Waals surface area contributed by atoms with Crippen LogP contribution in [0.2, 0.25) is 0 Å². The SMILES string of the molecule is CC(C)C[C@](C)(O)Cc1ccccc1. The lowest BCUT2D eigenvalue weighted by atomic mass is 9.88. The third-order valence-corrected chi connectivity index (χ3v) is 2.28. The molecule has 0 aliphatic carbocycles. The molecule has 0 aliphatic rings. The molecule has 0 radical (unpaired) electrons. The number of rotatable bonds is 4. The molecular weight excluding hydrogens is 172 g/mol. The molecule has 1 rings (SSSR count). The Hall–Kier alpha value is -0.820. The second-order valence-electron chi connectivity index (χ2n) is 4.76. The third kappa shape index (κ3) is 3.93. The molecule has 0 aromatic heterocycles. The largest absolute Gasteiger partial charge is 0.390 e. The smallest absolute Gasteiger partial charge is 0.0662 e. The van der Waals surface area contributed by atoms with Crippen LogP contribution in [0.15, 0.2) is 30.3 Å². The molecule has 0 bridgehead atoms. The zero-order valence-corrected chi connectivity index (χ0v) is 9.33. The molecule has 0 amide bonds. The van der Waals surface area contributed by atoms with E-state index >= 15 is 0 Å². The summed E-state index contributed by atoms with van der Waals surface area (Å²) < 4.78 is 0. The van der Waals surface area contributed by atoms with Gasteiger partial charge in [-0.3, -0.25) is 0 Å². The van der Waals surface area contributed by atoms with Crippen molar-refractivity contribution in [3.05, 3.63) is 35.9 Å². The zero-order valence-electron chi connectivity index (χ0n) is 9.33. The highest BCUT2D eigenvalue weighted by atomic mass is 16.3. The van der Waals surface area contributed by atoms with Gasteiger partial charge in [-0.2, -0.15) is 0 Å². The normalized spacial score (nSPS) is 15.5. The van der Waals surface area contributed by atoms with Crippen molar-refractivity contribution in [2.45, 2.75) is 39.2 Å². The van der Waals surface area contributed by atoms with Gasteiger partial charge in [0.05, 0.1) is 5.60 Å². The molecule has 0 saturated carbocycles. The molecular formula is C13H20O. The van der Waals surface area contributed by atoms with E-state index in [9.17, 15) is 5.11 Å². The maximum absolute atomic E-state index is 10.1. The first-order chi connectivity index (χ1) is 6.49. The predicted molar refractivity (Wildman–Crippen MR) is 60.2 cm³/mol. The van der Waals surface area contributed by atoms with Crippen molar-refractivity contribution in [2.24, 2.45) is 5.92 Å². The maximum atomic E-state index is 10.1. The van der Waals surface area contributed by atoms with E-state index in [0.29, 0.717) is 5.92 Å². The number of hydrogen-bond acceptors (Lipinski definition) is 1. The second kappa shape index (κ2) is 4.61. The van der Waals surface area contributed by atoms with Crippen LogP contribution in [0, 0.1) is 5.92 Å². The molecule has 0 unspecified atom stereocenters. The van der Waals surface area contributed by atoms with Crippen molar-refractivity contribution in [1.82, 2.24) is 0 Å². The first-order valence-electron chi connectivity index (χ1n) is 5.26. The Kier molecular flexibility index (Phi) is 3.70. The minimum atomic E-state index is -0.574. The van der Waals surface area contributed by atoms with Crippen molar-refractivity contribution in [1.29, 1.82) is 0 Å². The average molecular weight is 192 g/mol. The summed E-state index contributed by atoms with van der Waals surface area (Å²) >= 11 is 0.